The van der Waals surface area contributed by atoms with E-state index in [-0.39, 0.29) is 29.6 Å². The van der Waals surface area contributed by atoms with Gasteiger partial charge in [0.15, 0.2) is 0 Å². The van der Waals surface area contributed by atoms with E-state index >= 15 is 0 Å². The largest absolute Gasteiger partial charge is 0.381 e. The van der Waals surface area contributed by atoms with Crippen molar-refractivity contribution in [1.29, 1.82) is 0 Å². The van der Waals surface area contributed by atoms with E-state index in [2.05, 4.69) is 13.8 Å². The van der Waals surface area contributed by atoms with E-state index in [1.807, 2.05) is 0 Å². The minimum Gasteiger partial charge on any atom is -0.381 e. The van der Waals surface area contributed by atoms with Gasteiger partial charge >= 0.3 is 0 Å². The number of hydrogen-bond acceptors (Lipinski definition) is 1. The van der Waals surface area contributed by atoms with Gasteiger partial charge in [0.25, 0.3) is 0 Å². The van der Waals surface area contributed by atoms with Crippen LogP contribution in [-0.2, 0) is 4.74 Å². The van der Waals surface area contributed by atoms with Gasteiger partial charge in [0, 0.05) is 42.8 Å². The maximum absolute atomic E-state index is 5.80. The molecule has 0 aromatic rings. The van der Waals surface area contributed by atoms with E-state index in [1.54, 1.807) is 0 Å². The molecule has 0 heterocycles. The van der Waals surface area contributed by atoms with Crippen LogP contribution in [-0.4, -0.2) is 42.8 Å². The third-order valence-electron chi connectivity index (χ3n) is 5.78. The molecule has 0 fully saturated rings. The van der Waals surface area contributed by atoms with Crippen molar-refractivity contribution in [3.05, 3.63) is 0 Å². The molecule has 165 valence electrons. The molecular formula is C26H54NaO. The summed E-state index contributed by atoms with van der Waals surface area (Å²) in [5.41, 5.74) is 0. The Hall–Kier alpha value is 0.960. The normalized spacial score (nSPS) is 10.9. The molecule has 0 saturated heterocycles. The average Bonchev–Trinajstić information content (AvgIpc) is 2.68. The minimum atomic E-state index is 0. The van der Waals surface area contributed by atoms with Crippen molar-refractivity contribution in [2.24, 2.45) is 0 Å². The first-order chi connectivity index (χ1) is 13.4. The van der Waals surface area contributed by atoms with E-state index in [9.17, 15) is 0 Å². The third kappa shape index (κ3) is 29.2. The van der Waals surface area contributed by atoms with Crippen molar-refractivity contribution < 1.29 is 4.74 Å². The van der Waals surface area contributed by atoms with E-state index in [1.165, 1.54) is 141 Å². The summed E-state index contributed by atoms with van der Waals surface area (Å²) in [5.74, 6) is 0. The second-order valence-corrected chi connectivity index (χ2v) is 8.68. The summed E-state index contributed by atoms with van der Waals surface area (Å²) in [4.78, 5) is 0. The number of unbranched alkanes of at least 4 members (excludes halogenated alkanes) is 20. The van der Waals surface area contributed by atoms with Crippen molar-refractivity contribution >= 4 is 29.6 Å². The summed E-state index contributed by atoms with van der Waals surface area (Å²) < 4.78 is 5.80. The summed E-state index contributed by atoms with van der Waals surface area (Å²) in [6.07, 6.45) is 31.1. The summed E-state index contributed by atoms with van der Waals surface area (Å²) in [7, 11) is 0. The zero-order chi connectivity index (χ0) is 19.7. The van der Waals surface area contributed by atoms with E-state index < -0.39 is 0 Å². The van der Waals surface area contributed by atoms with Crippen LogP contribution in [0.5, 0.6) is 0 Å². The second kappa shape index (κ2) is 30.2. The second-order valence-electron chi connectivity index (χ2n) is 8.68. The number of rotatable bonds is 24. The monoisotopic (exact) mass is 405 g/mol. The Morgan fingerprint density at radius 2 is 0.536 bits per heavy atom. The molecule has 0 spiro atoms. The molecular weight excluding hydrogens is 351 g/mol. The third-order valence-corrected chi connectivity index (χ3v) is 5.78. The van der Waals surface area contributed by atoms with Gasteiger partial charge in [-0.05, 0) is 12.8 Å². The van der Waals surface area contributed by atoms with Crippen molar-refractivity contribution in [1.82, 2.24) is 0 Å². The van der Waals surface area contributed by atoms with Crippen LogP contribution < -0.4 is 0 Å². The van der Waals surface area contributed by atoms with Gasteiger partial charge in [-0.2, -0.15) is 0 Å². The molecule has 0 aromatic carbocycles. The van der Waals surface area contributed by atoms with E-state index in [4.69, 9.17) is 4.74 Å². The first kappa shape index (κ1) is 31.1. The predicted octanol–water partition coefficient (Wildman–Crippen LogP) is 9.24. The van der Waals surface area contributed by atoms with Crippen molar-refractivity contribution in [3.8, 4) is 0 Å². The Bertz CT molecular complexity index is 221. The van der Waals surface area contributed by atoms with Crippen molar-refractivity contribution in [2.45, 2.75) is 155 Å². The number of ether oxygens (including phenoxy) is 1. The predicted molar refractivity (Wildman–Crippen MR) is 129 cm³/mol. The van der Waals surface area contributed by atoms with E-state index in [0.717, 1.165) is 13.2 Å². The Balaban J connectivity index is 0. The molecule has 1 nitrogen and oxygen atoms in total. The molecule has 28 heavy (non-hydrogen) atoms. The molecule has 0 aliphatic carbocycles. The minimum absolute atomic E-state index is 0. The Morgan fingerprint density at radius 1 is 0.321 bits per heavy atom. The van der Waals surface area contributed by atoms with Gasteiger partial charge in [0.1, 0.15) is 0 Å². The first-order valence-corrected chi connectivity index (χ1v) is 13.0. The molecule has 0 aliphatic heterocycles. The van der Waals surface area contributed by atoms with Gasteiger partial charge < -0.3 is 4.74 Å². The summed E-state index contributed by atoms with van der Waals surface area (Å²) in [6, 6.07) is 0. The van der Waals surface area contributed by atoms with Crippen LogP contribution in [0.3, 0.4) is 0 Å². The van der Waals surface area contributed by atoms with Crippen LogP contribution in [0.15, 0.2) is 0 Å². The first-order valence-electron chi connectivity index (χ1n) is 13.0. The smallest absolute Gasteiger partial charge is 0.0466 e. The van der Waals surface area contributed by atoms with Gasteiger partial charge in [-0.3, -0.25) is 0 Å². The molecule has 0 unspecified atom stereocenters. The molecule has 0 N–H and O–H groups in total. The quantitative estimate of drug-likeness (QED) is 0.115. The van der Waals surface area contributed by atoms with Crippen LogP contribution in [0.2, 0.25) is 0 Å². The Kier molecular flexibility index (Phi) is 33.5. The fourth-order valence-corrected chi connectivity index (χ4v) is 3.84. The summed E-state index contributed by atoms with van der Waals surface area (Å²) in [5, 5.41) is 0. The molecule has 0 bridgehead atoms. The van der Waals surface area contributed by atoms with E-state index in [0.29, 0.717) is 0 Å². The standard InChI is InChI=1S/C26H54O.Na/c1-3-5-7-9-11-13-15-16-18-20-22-24-26-27-25-23-21-19-17-14-12-10-8-6-4-2;/h3-26H2,1-2H3;. The summed E-state index contributed by atoms with van der Waals surface area (Å²) >= 11 is 0. The molecule has 0 rings (SSSR count). The molecule has 0 amide bonds. The van der Waals surface area contributed by atoms with Crippen molar-refractivity contribution in [3.63, 3.8) is 0 Å². The van der Waals surface area contributed by atoms with Gasteiger partial charge in [-0.25, -0.2) is 0 Å². The molecule has 2 heteroatoms. The SMILES string of the molecule is CCCCCCCCCCCCCCOCCCCCCCCCCCC.[Na]. The van der Waals surface area contributed by atoms with Crippen LogP contribution in [0, 0.1) is 0 Å². The number of hydrogen-bond donors (Lipinski definition) is 0. The van der Waals surface area contributed by atoms with Crippen LogP contribution in [0.25, 0.3) is 0 Å². The van der Waals surface area contributed by atoms with Crippen LogP contribution in [0.1, 0.15) is 155 Å². The molecule has 0 aliphatic rings. The van der Waals surface area contributed by atoms with Gasteiger partial charge in [0.2, 0.25) is 0 Å². The van der Waals surface area contributed by atoms with Crippen LogP contribution >= 0.6 is 0 Å². The molecule has 0 atom stereocenters. The maximum Gasteiger partial charge on any atom is 0.0466 e. The molecule has 0 saturated carbocycles. The van der Waals surface area contributed by atoms with Gasteiger partial charge in [-0.1, -0.05) is 142 Å². The average molecular weight is 406 g/mol. The maximum atomic E-state index is 5.80. The zero-order valence-electron chi connectivity index (χ0n) is 20.4. The Morgan fingerprint density at radius 3 is 0.786 bits per heavy atom. The van der Waals surface area contributed by atoms with Gasteiger partial charge in [-0.15, -0.1) is 0 Å². The van der Waals surface area contributed by atoms with Crippen LogP contribution in [0.4, 0.5) is 0 Å². The zero-order valence-corrected chi connectivity index (χ0v) is 22.4. The molecule has 0 aromatic heterocycles. The van der Waals surface area contributed by atoms with Crippen molar-refractivity contribution in [2.75, 3.05) is 13.2 Å². The molecule has 1 radical (unpaired) electrons. The fourth-order valence-electron chi connectivity index (χ4n) is 3.84. The topological polar surface area (TPSA) is 9.23 Å². The van der Waals surface area contributed by atoms with Gasteiger partial charge in [0.05, 0.1) is 0 Å². The fraction of sp³-hybridized carbons (Fsp3) is 1.00. The Labute approximate surface area is 201 Å². The summed E-state index contributed by atoms with van der Waals surface area (Å²) in [6.45, 7) is 6.58.